The lowest BCUT2D eigenvalue weighted by Gasteiger charge is -2.47. The van der Waals surface area contributed by atoms with Crippen LogP contribution in [0.5, 0.6) is 0 Å². The Morgan fingerprint density at radius 2 is 2.00 bits per heavy atom. The van der Waals surface area contributed by atoms with Gasteiger partial charge in [0.15, 0.2) is 0 Å². The van der Waals surface area contributed by atoms with Gasteiger partial charge in [0, 0.05) is 30.9 Å². The summed E-state index contributed by atoms with van der Waals surface area (Å²) in [5.74, 6) is 0. The lowest BCUT2D eigenvalue weighted by molar-refractivity contribution is 0.130. The number of anilines is 1. The van der Waals surface area contributed by atoms with E-state index >= 15 is 0 Å². The number of piperidine rings is 1. The number of nitrogens with zero attached hydrogens (tertiary/aromatic N) is 2. The van der Waals surface area contributed by atoms with Crippen LogP contribution in [0.25, 0.3) is 0 Å². The Kier molecular flexibility index (Phi) is 7.20. The largest absolute Gasteiger partial charge is 0.465 e. The van der Waals surface area contributed by atoms with E-state index in [1.807, 2.05) is 24.3 Å². The molecule has 3 N–H and O–H groups in total. The van der Waals surface area contributed by atoms with Crippen LogP contribution in [-0.2, 0) is 6.42 Å². The van der Waals surface area contributed by atoms with E-state index in [4.69, 9.17) is 5.26 Å². The number of benzene rings is 2. The molecule has 2 aromatic carbocycles. The molecule has 0 radical (unpaired) electrons. The van der Waals surface area contributed by atoms with Gasteiger partial charge in [-0.3, -0.25) is 0 Å². The third kappa shape index (κ3) is 5.66. The van der Waals surface area contributed by atoms with Crippen molar-refractivity contribution < 1.29 is 9.90 Å². The highest BCUT2D eigenvalue weighted by atomic mass is 16.4. The fourth-order valence-electron chi connectivity index (χ4n) is 5.67. The van der Waals surface area contributed by atoms with E-state index in [0.717, 1.165) is 57.3 Å². The van der Waals surface area contributed by atoms with Gasteiger partial charge in [-0.15, -0.1) is 0 Å². The molecule has 1 aliphatic carbocycles. The second kappa shape index (κ2) is 10.3. The maximum atomic E-state index is 11.9. The summed E-state index contributed by atoms with van der Waals surface area (Å²) in [6.45, 7) is 3.96. The molecular weight excluding hydrogens is 412 g/mol. The van der Waals surface area contributed by atoms with Crippen LogP contribution < -0.4 is 15.5 Å². The number of hydrogen-bond donors (Lipinski definition) is 3. The first-order valence-corrected chi connectivity index (χ1v) is 12.1. The van der Waals surface area contributed by atoms with E-state index in [0.29, 0.717) is 18.0 Å². The molecule has 1 aliphatic heterocycles. The van der Waals surface area contributed by atoms with E-state index in [1.54, 1.807) is 0 Å². The van der Waals surface area contributed by atoms with Gasteiger partial charge in [0.25, 0.3) is 0 Å². The number of carbonyl (C=O) groups is 1. The molecule has 1 amide bonds. The van der Waals surface area contributed by atoms with Gasteiger partial charge < -0.3 is 20.6 Å². The summed E-state index contributed by atoms with van der Waals surface area (Å²) in [5, 5.41) is 25.7. The van der Waals surface area contributed by atoms with Crippen molar-refractivity contribution in [3.63, 3.8) is 0 Å². The molecule has 1 heterocycles. The van der Waals surface area contributed by atoms with Crippen LogP contribution in [0.3, 0.4) is 0 Å². The van der Waals surface area contributed by atoms with Crippen molar-refractivity contribution in [3.8, 4) is 6.07 Å². The zero-order valence-electron chi connectivity index (χ0n) is 19.4. The molecule has 2 aromatic rings. The lowest BCUT2D eigenvalue weighted by atomic mass is 9.73. The predicted molar refractivity (Wildman–Crippen MR) is 131 cm³/mol. The molecule has 33 heavy (non-hydrogen) atoms. The van der Waals surface area contributed by atoms with Gasteiger partial charge in [-0.1, -0.05) is 42.7 Å². The summed E-state index contributed by atoms with van der Waals surface area (Å²) in [6, 6.07) is 18.8. The number of aryl methyl sites for hydroxylation is 1. The monoisotopic (exact) mass is 446 g/mol. The van der Waals surface area contributed by atoms with Gasteiger partial charge in [0.2, 0.25) is 0 Å². The maximum Gasteiger partial charge on any atom is 0.405 e. The average Bonchev–Trinajstić information content (AvgIpc) is 2.80. The summed E-state index contributed by atoms with van der Waals surface area (Å²) in [6.07, 6.45) is 5.88. The van der Waals surface area contributed by atoms with Crippen LogP contribution in [0, 0.1) is 18.3 Å². The summed E-state index contributed by atoms with van der Waals surface area (Å²) >= 11 is 0. The van der Waals surface area contributed by atoms with Crippen molar-refractivity contribution in [2.24, 2.45) is 0 Å². The number of hydrogen-bond acceptors (Lipinski definition) is 4. The topological polar surface area (TPSA) is 88.4 Å². The summed E-state index contributed by atoms with van der Waals surface area (Å²) in [4.78, 5) is 14.3. The van der Waals surface area contributed by atoms with E-state index in [1.165, 1.54) is 11.1 Å². The molecule has 3 atom stereocenters. The smallest absolute Gasteiger partial charge is 0.405 e. The van der Waals surface area contributed by atoms with E-state index in [9.17, 15) is 9.90 Å². The van der Waals surface area contributed by atoms with Crippen LogP contribution in [0.15, 0.2) is 48.5 Å². The Labute approximate surface area is 196 Å². The van der Waals surface area contributed by atoms with E-state index in [-0.39, 0.29) is 6.04 Å². The molecule has 174 valence electrons. The van der Waals surface area contributed by atoms with Crippen LogP contribution in [0.2, 0.25) is 0 Å². The fraction of sp³-hybridized carbons (Fsp3) is 0.481. The molecule has 0 aromatic heterocycles. The Morgan fingerprint density at radius 1 is 1.18 bits per heavy atom. The highest BCUT2D eigenvalue weighted by Gasteiger charge is 2.43. The van der Waals surface area contributed by atoms with Crippen LogP contribution in [-0.4, -0.2) is 41.9 Å². The number of amides is 1. The third-order valence-corrected chi connectivity index (χ3v) is 7.21. The highest BCUT2D eigenvalue weighted by Crippen LogP contribution is 2.33. The van der Waals surface area contributed by atoms with Crippen molar-refractivity contribution in [2.75, 3.05) is 18.0 Å². The molecule has 6 nitrogen and oxygen atoms in total. The number of carboxylic acid groups (broad SMARTS) is 1. The Balaban J connectivity index is 1.51. The van der Waals surface area contributed by atoms with Crippen LogP contribution in [0.4, 0.5) is 10.5 Å². The molecule has 0 bridgehead atoms. The molecule has 2 fully saturated rings. The second-order valence-electron chi connectivity index (χ2n) is 9.66. The first-order chi connectivity index (χ1) is 16.0. The third-order valence-electron chi connectivity index (χ3n) is 7.21. The molecule has 0 spiro atoms. The minimum absolute atomic E-state index is 0.0915. The number of nitrogens with one attached hydrogen (secondary N) is 2. The zero-order chi connectivity index (χ0) is 23.3. The Morgan fingerprint density at radius 3 is 2.73 bits per heavy atom. The van der Waals surface area contributed by atoms with Crippen molar-refractivity contribution in [1.29, 1.82) is 5.26 Å². The number of nitriles is 1. The van der Waals surface area contributed by atoms with Crippen molar-refractivity contribution >= 4 is 11.8 Å². The van der Waals surface area contributed by atoms with Gasteiger partial charge in [0.05, 0.1) is 17.2 Å². The average molecular weight is 447 g/mol. The highest BCUT2D eigenvalue weighted by molar-refractivity contribution is 5.66. The molecular formula is C27H34N4O2. The summed E-state index contributed by atoms with van der Waals surface area (Å²) in [5.41, 5.74) is 3.69. The second-order valence-corrected chi connectivity index (χ2v) is 9.66. The van der Waals surface area contributed by atoms with E-state index in [2.05, 4.69) is 52.8 Å². The zero-order valence-corrected chi connectivity index (χ0v) is 19.4. The van der Waals surface area contributed by atoms with Crippen molar-refractivity contribution in [3.05, 3.63) is 65.2 Å². The fourth-order valence-corrected chi connectivity index (χ4v) is 5.67. The quantitative estimate of drug-likeness (QED) is 0.603. The van der Waals surface area contributed by atoms with Gasteiger partial charge in [0.1, 0.15) is 0 Å². The van der Waals surface area contributed by atoms with Gasteiger partial charge >= 0.3 is 6.09 Å². The normalized spacial score (nSPS) is 25.3. The van der Waals surface area contributed by atoms with Crippen LogP contribution >= 0.6 is 0 Å². The maximum absolute atomic E-state index is 11.9. The molecule has 1 saturated carbocycles. The molecule has 2 aliphatic rings. The van der Waals surface area contributed by atoms with Gasteiger partial charge in [-0.2, -0.15) is 5.26 Å². The lowest BCUT2D eigenvalue weighted by Crippen LogP contribution is -2.66. The summed E-state index contributed by atoms with van der Waals surface area (Å²) in [7, 11) is 0. The summed E-state index contributed by atoms with van der Waals surface area (Å²) < 4.78 is 0. The Bertz CT molecular complexity index is 1000. The van der Waals surface area contributed by atoms with Gasteiger partial charge in [-0.05, 0) is 68.9 Å². The van der Waals surface area contributed by atoms with Gasteiger partial charge in [-0.25, -0.2) is 4.79 Å². The molecule has 6 heteroatoms. The van der Waals surface area contributed by atoms with Crippen molar-refractivity contribution in [2.45, 2.75) is 69.5 Å². The molecule has 3 unspecified atom stereocenters. The minimum atomic E-state index is -0.945. The SMILES string of the molecule is Cc1cccc(CC2(NC(=O)O)CCCCC2NC2CCCN(c3ccc(C#N)cc3)C2)c1. The van der Waals surface area contributed by atoms with Crippen LogP contribution in [0.1, 0.15) is 55.2 Å². The van der Waals surface area contributed by atoms with Crippen molar-refractivity contribution in [1.82, 2.24) is 10.6 Å². The van der Waals surface area contributed by atoms with E-state index < -0.39 is 11.6 Å². The predicted octanol–water partition coefficient (Wildman–Crippen LogP) is 4.62. The number of rotatable bonds is 6. The molecule has 1 saturated heterocycles. The minimum Gasteiger partial charge on any atom is -0.465 e. The standard InChI is InChI=1S/C27H34N4O2/c1-20-6-4-7-22(16-20)17-27(30-26(32)33)14-3-2-9-25(27)29-23-8-5-15-31(19-23)24-12-10-21(18-28)11-13-24/h4,6-7,10-13,16,23,25,29-30H,2-3,5,8-9,14-15,17,19H2,1H3,(H,32,33). The first kappa shape index (κ1) is 23.1. The molecule has 4 rings (SSSR count). The first-order valence-electron chi connectivity index (χ1n) is 12.1. The Hall–Kier alpha value is -3.04.